The number of carbonyl (C=O) groups excluding carboxylic acids is 1. The van der Waals surface area contributed by atoms with E-state index in [-0.39, 0.29) is 33.7 Å². The number of aliphatic hydroxyl groups excluding tert-OH is 1. The molecule has 5 aliphatic rings. The molecule has 0 heterocycles. The van der Waals surface area contributed by atoms with Gasteiger partial charge >= 0.3 is 5.97 Å². The Hall–Kier alpha value is -0.830. The average molecular weight is 443 g/mol. The van der Waals surface area contributed by atoms with Gasteiger partial charge in [-0.3, -0.25) is 4.79 Å². The third-order valence-corrected chi connectivity index (χ3v) is 12.3. The zero-order chi connectivity index (χ0) is 23.2. The lowest BCUT2D eigenvalue weighted by Crippen LogP contribution is -2.62. The first kappa shape index (κ1) is 22.9. The van der Waals surface area contributed by atoms with Crippen molar-refractivity contribution in [2.24, 2.45) is 44.8 Å². The molecule has 0 aromatic carbocycles. The number of allylic oxidation sites excluding steroid dienone is 2. The molecule has 0 aliphatic heterocycles. The maximum absolute atomic E-state index is 13.3. The third kappa shape index (κ3) is 2.85. The summed E-state index contributed by atoms with van der Waals surface area (Å²) in [7, 11) is 1.59. The van der Waals surface area contributed by atoms with Crippen LogP contribution in [0.2, 0.25) is 0 Å². The van der Waals surface area contributed by atoms with Crippen molar-refractivity contribution in [3.8, 4) is 0 Å². The van der Waals surface area contributed by atoms with Gasteiger partial charge in [0.15, 0.2) is 0 Å². The summed E-state index contributed by atoms with van der Waals surface area (Å²) in [6.45, 7) is 12.5. The molecule has 0 saturated heterocycles. The van der Waals surface area contributed by atoms with Crippen LogP contribution in [0.5, 0.6) is 0 Å². The van der Waals surface area contributed by atoms with E-state index in [9.17, 15) is 9.90 Å². The van der Waals surface area contributed by atoms with Crippen molar-refractivity contribution >= 4 is 5.97 Å². The lowest BCUT2D eigenvalue weighted by atomic mass is 9.35. The smallest absolute Gasteiger partial charge is 0.312 e. The summed E-state index contributed by atoms with van der Waals surface area (Å²) in [5.74, 6) is 1.71. The lowest BCUT2D eigenvalue weighted by Gasteiger charge is -2.69. The van der Waals surface area contributed by atoms with Gasteiger partial charge < -0.3 is 9.84 Å². The molecule has 0 bridgehead atoms. The highest BCUT2D eigenvalue weighted by atomic mass is 16.5. The van der Waals surface area contributed by atoms with E-state index in [1.165, 1.54) is 19.3 Å². The fraction of sp³-hybridized carbons (Fsp3) is 0.897. The van der Waals surface area contributed by atoms with Crippen LogP contribution in [-0.4, -0.2) is 24.3 Å². The lowest BCUT2D eigenvalue weighted by molar-refractivity contribution is -0.181. The highest BCUT2D eigenvalue weighted by Crippen LogP contribution is 2.74. The van der Waals surface area contributed by atoms with Gasteiger partial charge in [0.2, 0.25) is 0 Å². The largest absolute Gasteiger partial charge is 0.469 e. The Morgan fingerprint density at radius 2 is 1.72 bits per heavy atom. The number of hydrogen-bond acceptors (Lipinski definition) is 3. The molecule has 3 nitrogen and oxygen atoms in total. The summed E-state index contributed by atoms with van der Waals surface area (Å²) in [4.78, 5) is 13.3. The Morgan fingerprint density at radius 1 is 1.00 bits per heavy atom. The Balaban J connectivity index is 1.58. The summed E-state index contributed by atoms with van der Waals surface area (Å²) in [5, 5.41) is 10.4. The maximum atomic E-state index is 13.3. The first-order valence-corrected chi connectivity index (χ1v) is 13.4. The van der Waals surface area contributed by atoms with Crippen molar-refractivity contribution in [2.45, 2.75) is 111 Å². The van der Waals surface area contributed by atoms with E-state index >= 15 is 0 Å². The Kier molecular flexibility index (Phi) is 5.08. The van der Waals surface area contributed by atoms with E-state index in [4.69, 9.17) is 4.74 Å². The van der Waals surface area contributed by atoms with Crippen molar-refractivity contribution < 1.29 is 14.6 Å². The molecular formula is C29H46O3. The van der Waals surface area contributed by atoms with Crippen LogP contribution < -0.4 is 0 Å². The van der Waals surface area contributed by atoms with Gasteiger partial charge in [-0.25, -0.2) is 0 Å². The predicted octanol–water partition coefficient (Wildman–Crippen LogP) is 6.69. The summed E-state index contributed by atoms with van der Waals surface area (Å²) in [5.41, 5.74) is 2.35. The van der Waals surface area contributed by atoms with Gasteiger partial charge in [-0.1, -0.05) is 46.3 Å². The second-order valence-electron chi connectivity index (χ2n) is 13.9. The number of rotatable bonds is 1. The summed E-state index contributed by atoms with van der Waals surface area (Å²) in [6.07, 6.45) is 14.6. The van der Waals surface area contributed by atoms with Gasteiger partial charge in [0.05, 0.1) is 18.6 Å². The van der Waals surface area contributed by atoms with Crippen LogP contribution in [0.15, 0.2) is 11.6 Å². The van der Waals surface area contributed by atoms with E-state index in [1.54, 1.807) is 12.7 Å². The highest BCUT2D eigenvalue weighted by molar-refractivity contribution is 5.78. The van der Waals surface area contributed by atoms with Gasteiger partial charge in [0.25, 0.3) is 0 Å². The fourth-order valence-corrected chi connectivity index (χ4v) is 9.94. The average Bonchev–Trinajstić information content (AvgIpc) is 2.74. The van der Waals surface area contributed by atoms with Gasteiger partial charge in [-0.2, -0.15) is 0 Å². The highest BCUT2D eigenvalue weighted by Gasteiger charge is 2.67. The second kappa shape index (κ2) is 7.09. The molecule has 0 radical (unpaired) electrons. The van der Waals surface area contributed by atoms with Crippen molar-refractivity contribution in [1.29, 1.82) is 0 Å². The summed E-state index contributed by atoms with van der Waals surface area (Å²) in [6, 6.07) is 0. The molecular weight excluding hydrogens is 396 g/mol. The summed E-state index contributed by atoms with van der Waals surface area (Å²) < 4.78 is 5.47. The zero-order valence-electron chi connectivity index (χ0n) is 21.4. The molecule has 8 unspecified atom stereocenters. The van der Waals surface area contributed by atoms with Crippen LogP contribution >= 0.6 is 0 Å². The van der Waals surface area contributed by atoms with Crippen LogP contribution in [0.1, 0.15) is 105 Å². The molecule has 0 spiro atoms. The van der Waals surface area contributed by atoms with E-state index < -0.39 is 0 Å². The number of aliphatic hydroxyl groups is 1. The minimum Gasteiger partial charge on any atom is -0.469 e. The molecule has 5 rings (SSSR count). The number of ether oxygens (including phenoxy) is 1. The monoisotopic (exact) mass is 442 g/mol. The van der Waals surface area contributed by atoms with E-state index in [0.717, 1.165) is 51.4 Å². The molecule has 5 aliphatic carbocycles. The molecule has 1 N–H and O–H groups in total. The van der Waals surface area contributed by atoms with Gasteiger partial charge in [-0.05, 0) is 110 Å². The SMILES string of the molecule is COC(=O)C12CCC(C)(C)CC1C1=CCC3C4(C)CCC(O)CC4CCC3(C)C1(C)CC2. The molecule has 32 heavy (non-hydrogen) atoms. The predicted molar refractivity (Wildman–Crippen MR) is 128 cm³/mol. The molecule has 4 fully saturated rings. The zero-order valence-corrected chi connectivity index (χ0v) is 21.4. The molecule has 0 amide bonds. The van der Waals surface area contributed by atoms with Gasteiger partial charge in [0, 0.05) is 0 Å². The standard InChI is InChI=1S/C29H46O3/c1-25(2)13-15-29(24(31)32-6)16-14-27(4)21(22(29)18-25)7-8-23-26(3)11-10-20(30)17-19(26)9-12-28(23,27)5/h7,19-20,22-23,30H,8-18H2,1-6H3. The molecule has 3 heteroatoms. The number of methoxy groups -OCH3 is 1. The van der Waals surface area contributed by atoms with Crippen molar-refractivity contribution in [3.05, 3.63) is 11.6 Å². The molecule has 8 atom stereocenters. The first-order chi connectivity index (χ1) is 14.9. The van der Waals surface area contributed by atoms with E-state index in [1.807, 2.05) is 0 Å². The molecule has 0 aromatic rings. The summed E-state index contributed by atoms with van der Waals surface area (Å²) >= 11 is 0. The van der Waals surface area contributed by atoms with Crippen LogP contribution in [-0.2, 0) is 9.53 Å². The molecule has 4 saturated carbocycles. The molecule has 180 valence electrons. The first-order valence-electron chi connectivity index (χ1n) is 13.4. The minimum absolute atomic E-state index is 0.0464. The van der Waals surface area contributed by atoms with Crippen LogP contribution in [0.25, 0.3) is 0 Å². The van der Waals surface area contributed by atoms with E-state index in [2.05, 4.69) is 40.7 Å². The van der Waals surface area contributed by atoms with Crippen LogP contribution in [0, 0.1) is 44.8 Å². The van der Waals surface area contributed by atoms with Crippen molar-refractivity contribution in [1.82, 2.24) is 0 Å². The van der Waals surface area contributed by atoms with Crippen molar-refractivity contribution in [2.75, 3.05) is 7.11 Å². The van der Waals surface area contributed by atoms with Gasteiger partial charge in [-0.15, -0.1) is 0 Å². The maximum Gasteiger partial charge on any atom is 0.312 e. The van der Waals surface area contributed by atoms with Gasteiger partial charge in [0.1, 0.15) is 0 Å². The molecule has 0 aromatic heterocycles. The third-order valence-electron chi connectivity index (χ3n) is 12.3. The Bertz CT molecular complexity index is 828. The Labute approximate surface area is 195 Å². The number of carbonyl (C=O) groups is 1. The minimum atomic E-state index is -0.311. The number of fused-ring (bicyclic) bond motifs is 7. The Morgan fingerprint density at radius 3 is 2.44 bits per heavy atom. The van der Waals surface area contributed by atoms with Crippen LogP contribution in [0.3, 0.4) is 0 Å². The second-order valence-corrected chi connectivity index (χ2v) is 13.9. The normalized spacial score (nSPS) is 51.9. The fourth-order valence-electron chi connectivity index (χ4n) is 9.94. The topological polar surface area (TPSA) is 46.5 Å². The number of hydrogen-bond donors (Lipinski definition) is 1. The van der Waals surface area contributed by atoms with E-state index in [0.29, 0.717) is 23.2 Å². The quantitative estimate of drug-likeness (QED) is 0.364. The van der Waals surface area contributed by atoms with Crippen LogP contribution in [0.4, 0.5) is 0 Å². The number of esters is 1. The van der Waals surface area contributed by atoms with Crippen molar-refractivity contribution in [3.63, 3.8) is 0 Å².